The normalized spacial score (nSPS) is 11.6. The maximum Gasteiger partial charge on any atom is 0.321 e. The van der Waals surface area contributed by atoms with Crippen LogP contribution in [0.2, 0.25) is 0 Å². The summed E-state index contributed by atoms with van der Waals surface area (Å²) in [5.74, 6) is -0.302. The summed E-state index contributed by atoms with van der Waals surface area (Å²) < 4.78 is 0. The zero-order valence-corrected chi connectivity index (χ0v) is 14.0. The van der Waals surface area contributed by atoms with Crippen LogP contribution in [0.1, 0.15) is 18.1 Å². The van der Waals surface area contributed by atoms with Crippen molar-refractivity contribution in [2.45, 2.75) is 30.5 Å². The molecule has 120 valence electrons. The highest BCUT2D eigenvalue weighted by molar-refractivity contribution is 8.00. The molecule has 1 unspecified atom stereocenters. The third-order valence-electron chi connectivity index (χ3n) is 3.30. The number of urea groups is 1. The average molecular weight is 328 g/mol. The minimum Gasteiger partial charge on any atom is -0.334 e. The fourth-order valence-corrected chi connectivity index (χ4v) is 2.93. The quantitative estimate of drug-likeness (QED) is 0.826. The van der Waals surface area contributed by atoms with Crippen molar-refractivity contribution in [3.05, 3.63) is 65.7 Å². The molecule has 2 rings (SSSR count). The maximum atomic E-state index is 12.1. The van der Waals surface area contributed by atoms with Crippen molar-refractivity contribution in [3.63, 3.8) is 0 Å². The van der Waals surface area contributed by atoms with E-state index in [0.717, 1.165) is 16.0 Å². The minimum atomic E-state index is -0.476. The van der Waals surface area contributed by atoms with E-state index in [1.165, 1.54) is 11.8 Å². The summed E-state index contributed by atoms with van der Waals surface area (Å²) in [5.41, 5.74) is 2.10. The zero-order valence-electron chi connectivity index (χ0n) is 13.2. The van der Waals surface area contributed by atoms with Gasteiger partial charge >= 0.3 is 6.03 Å². The highest BCUT2D eigenvalue weighted by atomic mass is 32.2. The van der Waals surface area contributed by atoms with E-state index >= 15 is 0 Å². The smallest absolute Gasteiger partial charge is 0.321 e. The van der Waals surface area contributed by atoms with Gasteiger partial charge in [0, 0.05) is 11.4 Å². The van der Waals surface area contributed by atoms with Crippen LogP contribution in [0.4, 0.5) is 4.79 Å². The van der Waals surface area contributed by atoms with Gasteiger partial charge in [0.25, 0.3) is 0 Å². The van der Waals surface area contributed by atoms with Crippen LogP contribution in [0.15, 0.2) is 59.5 Å². The van der Waals surface area contributed by atoms with Crippen LogP contribution >= 0.6 is 11.8 Å². The number of rotatable bonds is 5. The summed E-state index contributed by atoms with van der Waals surface area (Å²) in [6.07, 6.45) is 0. The molecule has 0 aliphatic heterocycles. The van der Waals surface area contributed by atoms with Crippen LogP contribution in [0.3, 0.4) is 0 Å². The molecular formula is C18H20N2O2S. The first-order valence-electron chi connectivity index (χ1n) is 7.41. The first kappa shape index (κ1) is 17.1. The second-order valence-electron chi connectivity index (χ2n) is 5.18. The lowest BCUT2D eigenvalue weighted by Gasteiger charge is -2.13. The van der Waals surface area contributed by atoms with Gasteiger partial charge in [0.1, 0.15) is 0 Å². The number of nitrogens with one attached hydrogen (secondary N) is 2. The van der Waals surface area contributed by atoms with E-state index in [1.807, 2.05) is 61.5 Å². The molecule has 0 radical (unpaired) electrons. The lowest BCUT2D eigenvalue weighted by atomic mass is 10.2. The summed E-state index contributed by atoms with van der Waals surface area (Å²) in [4.78, 5) is 24.9. The van der Waals surface area contributed by atoms with Crippen LogP contribution < -0.4 is 10.6 Å². The second kappa shape index (κ2) is 8.39. The van der Waals surface area contributed by atoms with Gasteiger partial charge in [0.05, 0.1) is 5.25 Å². The fraction of sp³-hybridized carbons (Fsp3) is 0.222. The molecule has 0 fully saturated rings. The molecule has 0 saturated heterocycles. The van der Waals surface area contributed by atoms with Crippen molar-refractivity contribution >= 4 is 23.7 Å². The van der Waals surface area contributed by atoms with Crippen LogP contribution in [0.5, 0.6) is 0 Å². The van der Waals surface area contributed by atoms with E-state index < -0.39 is 6.03 Å². The number of carbonyl (C=O) groups excluding carboxylic acids is 2. The van der Waals surface area contributed by atoms with Crippen molar-refractivity contribution < 1.29 is 9.59 Å². The van der Waals surface area contributed by atoms with Gasteiger partial charge in [-0.3, -0.25) is 10.1 Å². The molecule has 2 aromatic carbocycles. The fourth-order valence-electron chi connectivity index (χ4n) is 1.97. The molecule has 0 aromatic heterocycles. The molecule has 0 heterocycles. The molecule has 1 atom stereocenters. The molecule has 0 spiro atoms. The van der Waals surface area contributed by atoms with Crippen LogP contribution in [0.25, 0.3) is 0 Å². The van der Waals surface area contributed by atoms with E-state index in [4.69, 9.17) is 0 Å². The molecule has 2 aromatic rings. The van der Waals surface area contributed by atoms with Crippen molar-refractivity contribution in [2.75, 3.05) is 0 Å². The third-order valence-corrected chi connectivity index (χ3v) is 4.58. The standard InChI is InChI=1S/C18H20N2O2S/c1-13-8-6-7-11-16(13)23-14(2)17(21)20-18(22)19-12-15-9-4-3-5-10-15/h3-11,14H,12H2,1-2H3,(H2,19,20,21,22). The molecule has 23 heavy (non-hydrogen) atoms. The zero-order chi connectivity index (χ0) is 16.7. The predicted molar refractivity (Wildman–Crippen MR) is 93.3 cm³/mol. The highest BCUT2D eigenvalue weighted by Gasteiger charge is 2.17. The molecule has 2 N–H and O–H groups in total. The average Bonchev–Trinajstić information content (AvgIpc) is 2.56. The van der Waals surface area contributed by atoms with Crippen molar-refractivity contribution in [3.8, 4) is 0 Å². The predicted octanol–water partition coefficient (Wildman–Crippen LogP) is 3.50. The van der Waals surface area contributed by atoms with E-state index in [2.05, 4.69) is 10.6 Å². The van der Waals surface area contributed by atoms with Gasteiger partial charge in [0.15, 0.2) is 0 Å². The largest absolute Gasteiger partial charge is 0.334 e. The number of hydrogen-bond acceptors (Lipinski definition) is 3. The Bertz CT molecular complexity index is 674. The molecule has 5 heteroatoms. The lowest BCUT2D eigenvalue weighted by molar-refractivity contribution is -0.119. The van der Waals surface area contributed by atoms with E-state index in [1.54, 1.807) is 6.92 Å². The Morgan fingerprint density at radius 2 is 1.70 bits per heavy atom. The Morgan fingerprint density at radius 1 is 1.04 bits per heavy atom. The number of imide groups is 1. The molecular weight excluding hydrogens is 308 g/mol. The minimum absolute atomic E-state index is 0.302. The number of carbonyl (C=O) groups is 2. The van der Waals surface area contributed by atoms with Crippen molar-refractivity contribution in [1.29, 1.82) is 0 Å². The Hall–Kier alpha value is -2.27. The second-order valence-corrected chi connectivity index (χ2v) is 6.57. The summed E-state index contributed by atoms with van der Waals surface area (Å²) in [5, 5.41) is 4.71. The first-order chi connectivity index (χ1) is 11.1. The lowest BCUT2D eigenvalue weighted by Crippen LogP contribution is -2.42. The SMILES string of the molecule is Cc1ccccc1SC(C)C(=O)NC(=O)NCc1ccccc1. The van der Waals surface area contributed by atoms with Crippen LogP contribution in [-0.2, 0) is 11.3 Å². The number of benzene rings is 2. The molecule has 3 amide bonds. The van der Waals surface area contributed by atoms with Gasteiger partial charge in [-0.2, -0.15) is 0 Å². The number of aryl methyl sites for hydroxylation is 1. The molecule has 0 saturated carbocycles. The third kappa shape index (κ3) is 5.45. The summed E-state index contributed by atoms with van der Waals surface area (Å²) in [6, 6.07) is 16.9. The maximum absolute atomic E-state index is 12.1. The van der Waals surface area contributed by atoms with E-state index in [9.17, 15) is 9.59 Å². The van der Waals surface area contributed by atoms with E-state index in [-0.39, 0.29) is 11.2 Å². The van der Waals surface area contributed by atoms with Gasteiger partial charge in [-0.05, 0) is 31.0 Å². The Balaban J connectivity index is 1.81. The van der Waals surface area contributed by atoms with Gasteiger partial charge in [-0.1, -0.05) is 48.5 Å². The summed E-state index contributed by atoms with van der Waals surface area (Å²) >= 11 is 1.44. The van der Waals surface area contributed by atoms with Crippen molar-refractivity contribution in [2.24, 2.45) is 0 Å². The number of amides is 3. The molecule has 4 nitrogen and oxygen atoms in total. The van der Waals surface area contributed by atoms with Gasteiger partial charge < -0.3 is 5.32 Å². The van der Waals surface area contributed by atoms with E-state index in [0.29, 0.717) is 6.54 Å². The number of thioether (sulfide) groups is 1. The summed E-state index contributed by atoms with van der Waals surface area (Å²) in [6.45, 7) is 4.18. The highest BCUT2D eigenvalue weighted by Crippen LogP contribution is 2.26. The van der Waals surface area contributed by atoms with Gasteiger partial charge in [-0.15, -0.1) is 11.8 Å². The van der Waals surface area contributed by atoms with Gasteiger partial charge in [0.2, 0.25) is 5.91 Å². The molecule has 0 aliphatic rings. The first-order valence-corrected chi connectivity index (χ1v) is 8.29. The van der Waals surface area contributed by atoms with Gasteiger partial charge in [-0.25, -0.2) is 4.79 Å². The summed E-state index contributed by atoms with van der Waals surface area (Å²) in [7, 11) is 0. The Kier molecular flexibility index (Phi) is 6.23. The molecule has 0 bridgehead atoms. The van der Waals surface area contributed by atoms with Crippen LogP contribution in [-0.4, -0.2) is 17.2 Å². The van der Waals surface area contributed by atoms with Crippen LogP contribution in [0, 0.1) is 6.92 Å². The topological polar surface area (TPSA) is 58.2 Å². The van der Waals surface area contributed by atoms with Crippen molar-refractivity contribution in [1.82, 2.24) is 10.6 Å². The monoisotopic (exact) mass is 328 g/mol. The number of hydrogen-bond donors (Lipinski definition) is 2. The Morgan fingerprint density at radius 3 is 2.39 bits per heavy atom. The molecule has 0 aliphatic carbocycles. The Labute approximate surface area is 140 Å².